The second kappa shape index (κ2) is 5.64. The molecular weight excluding hydrogens is 202 g/mol. The summed E-state index contributed by atoms with van der Waals surface area (Å²) in [5, 5.41) is 3.36. The van der Waals surface area contributed by atoms with Crippen molar-refractivity contribution in [2.24, 2.45) is 0 Å². The van der Waals surface area contributed by atoms with Crippen molar-refractivity contribution < 1.29 is 4.79 Å². The lowest BCUT2D eigenvalue weighted by Crippen LogP contribution is -2.51. The molecule has 0 aromatic heterocycles. The summed E-state index contributed by atoms with van der Waals surface area (Å²) in [6.07, 6.45) is 3.31. The Hall–Kier alpha value is -0.610. The molecular formula is C12H23N3O. The van der Waals surface area contributed by atoms with E-state index in [1.165, 1.54) is 25.9 Å². The third-order valence-electron chi connectivity index (χ3n) is 3.56. The summed E-state index contributed by atoms with van der Waals surface area (Å²) >= 11 is 0. The molecule has 4 nitrogen and oxygen atoms in total. The average Bonchev–Trinajstić information content (AvgIpc) is 2.78. The molecule has 2 heterocycles. The third-order valence-corrected chi connectivity index (χ3v) is 3.56. The van der Waals surface area contributed by atoms with Crippen LogP contribution in [-0.4, -0.2) is 61.0 Å². The van der Waals surface area contributed by atoms with E-state index in [1.54, 1.807) is 0 Å². The molecule has 2 aliphatic heterocycles. The Bertz CT molecular complexity index is 238. The van der Waals surface area contributed by atoms with Gasteiger partial charge in [0.25, 0.3) is 0 Å². The van der Waals surface area contributed by atoms with Gasteiger partial charge in [0, 0.05) is 38.6 Å². The lowest BCUT2D eigenvalue weighted by atomic mass is 10.2. The van der Waals surface area contributed by atoms with Gasteiger partial charge in [0.05, 0.1) is 0 Å². The normalized spacial score (nSPS) is 27.3. The first-order chi connectivity index (χ1) is 7.75. The second-order valence-electron chi connectivity index (χ2n) is 4.99. The predicted octanol–water partition coefficient (Wildman–Crippen LogP) is 0.293. The molecule has 2 aliphatic rings. The number of hydrogen-bond acceptors (Lipinski definition) is 3. The molecule has 1 N–H and O–H groups in total. The van der Waals surface area contributed by atoms with Crippen molar-refractivity contribution >= 4 is 5.91 Å². The van der Waals surface area contributed by atoms with Gasteiger partial charge in [0.15, 0.2) is 0 Å². The van der Waals surface area contributed by atoms with E-state index in [-0.39, 0.29) is 0 Å². The van der Waals surface area contributed by atoms with Crippen molar-refractivity contribution in [3.8, 4) is 0 Å². The Morgan fingerprint density at radius 1 is 1.31 bits per heavy atom. The molecule has 0 spiro atoms. The van der Waals surface area contributed by atoms with Crippen molar-refractivity contribution in [1.29, 1.82) is 0 Å². The van der Waals surface area contributed by atoms with Gasteiger partial charge in [-0.25, -0.2) is 0 Å². The third kappa shape index (κ3) is 3.19. The van der Waals surface area contributed by atoms with Crippen LogP contribution in [0.15, 0.2) is 0 Å². The zero-order chi connectivity index (χ0) is 11.4. The summed E-state index contributed by atoms with van der Waals surface area (Å²) in [6, 6.07) is 0.449. The van der Waals surface area contributed by atoms with Crippen LogP contribution in [0.2, 0.25) is 0 Å². The largest absolute Gasteiger partial charge is 0.340 e. The van der Waals surface area contributed by atoms with Gasteiger partial charge in [0.2, 0.25) is 5.91 Å². The van der Waals surface area contributed by atoms with E-state index >= 15 is 0 Å². The fourth-order valence-electron chi connectivity index (χ4n) is 2.58. The van der Waals surface area contributed by atoms with E-state index in [9.17, 15) is 4.79 Å². The molecule has 92 valence electrons. The molecule has 0 radical (unpaired) electrons. The second-order valence-corrected chi connectivity index (χ2v) is 4.99. The molecule has 0 bridgehead atoms. The van der Waals surface area contributed by atoms with Crippen molar-refractivity contribution in [3.63, 3.8) is 0 Å². The van der Waals surface area contributed by atoms with Crippen molar-refractivity contribution in [2.45, 2.75) is 32.2 Å². The Labute approximate surface area is 98.0 Å². The van der Waals surface area contributed by atoms with Gasteiger partial charge in [-0.15, -0.1) is 0 Å². The Balaban J connectivity index is 1.70. The zero-order valence-corrected chi connectivity index (χ0v) is 10.2. The van der Waals surface area contributed by atoms with E-state index in [4.69, 9.17) is 0 Å². The fraction of sp³-hybridized carbons (Fsp3) is 0.917. The van der Waals surface area contributed by atoms with Crippen LogP contribution in [0, 0.1) is 0 Å². The molecule has 0 aromatic carbocycles. The highest BCUT2D eigenvalue weighted by Gasteiger charge is 2.21. The van der Waals surface area contributed by atoms with Crippen LogP contribution in [0.25, 0.3) is 0 Å². The molecule has 1 amide bonds. The van der Waals surface area contributed by atoms with E-state index in [0.717, 1.165) is 26.2 Å². The van der Waals surface area contributed by atoms with E-state index in [1.807, 2.05) is 4.90 Å². The lowest BCUT2D eigenvalue weighted by molar-refractivity contribution is -0.132. The number of nitrogens with one attached hydrogen (secondary N) is 1. The van der Waals surface area contributed by atoms with Crippen molar-refractivity contribution in [3.05, 3.63) is 0 Å². The minimum atomic E-state index is 0.334. The molecule has 4 heteroatoms. The monoisotopic (exact) mass is 225 g/mol. The SMILES string of the molecule is CC1CN(C(=O)CCN2CCCC2)CCN1. The predicted molar refractivity (Wildman–Crippen MR) is 64.3 cm³/mol. The summed E-state index contributed by atoms with van der Waals surface area (Å²) in [4.78, 5) is 16.4. The summed E-state index contributed by atoms with van der Waals surface area (Å²) < 4.78 is 0. The fourth-order valence-corrected chi connectivity index (χ4v) is 2.58. The molecule has 2 rings (SSSR count). The van der Waals surface area contributed by atoms with Crippen molar-refractivity contribution in [1.82, 2.24) is 15.1 Å². The number of piperazine rings is 1. The van der Waals surface area contributed by atoms with Gasteiger partial charge >= 0.3 is 0 Å². The standard InChI is InChI=1S/C12H23N3O/c1-11-10-15(9-5-13-11)12(16)4-8-14-6-2-3-7-14/h11,13H,2-10H2,1H3. The minimum Gasteiger partial charge on any atom is -0.340 e. The van der Waals surface area contributed by atoms with Crippen LogP contribution >= 0.6 is 0 Å². The average molecular weight is 225 g/mol. The minimum absolute atomic E-state index is 0.334. The van der Waals surface area contributed by atoms with Gasteiger partial charge in [-0.1, -0.05) is 0 Å². The molecule has 1 atom stereocenters. The number of hydrogen-bond donors (Lipinski definition) is 1. The first-order valence-corrected chi connectivity index (χ1v) is 6.49. The first kappa shape index (κ1) is 11.9. The number of carbonyl (C=O) groups is 1. The molecule has 0 aliphatic carbocycles. The summed E-state index contributed by atoms with van der Waals surface area (Å²) in [6.45, 7) is 8.16. The molecule has 0 aromatic rings. The highest BCUT2D eigenvalue weighted by Crippen LogP contribution is 2.09. The highest BCUT2D eigenvalue weighted by atomic mass is 16.2. The van der Waals surface area contributed by atoms with E-state index in [0.29, 0.717) is 18.4 Å². The molecule has 0 saturated carbocycles. The summed E-state index contributed by atoms with van der Waals surface area (Å²) in [5.74, 6) is 0.334. The summed E-state index contributed by atoms with van der Waals surface area (Å²) in [5.41, 5.74) is 0. The number of likely N-dealkylation sites (tertiary alicyclic amines) is 1. The number of amides is 1. The van der Waals surface area contributed by atoms with Crippen molar-refractivity contribution in [2.75, 3.05) is 39.3 Å². The van der Waals surface area contributed by atoms with Gasteiger partial charge in [0.1, 0.15) is 0 Å². The molecule has 16 heavy (non-hydrogen) atoms. The molecule has 2 saturated heterocycles. The van der Waals surface area contributed by atoms with Crippen LogP contribution < -0.4 is 5.32 Å². The Morgan fingerprint density at radius 2 is 2.06 bits per heavy atom. The van der Waals surface area contributed by atoms with Gasteiger partial charge in [-0.05, 0) is 32.9 Å². The Kier molecular flexibility index (Phi) is 4.18. The van der Waals surface area contributed by atoms with Crippen LogP contribution in [-0.2, 0) is 4.79 Å². The van der Waals surface area contributed by atoms with Crippen LogP contribution in [0.4, 0.5) is 0 Å². The van der Waals surface area contributed by atoms with E-state index < -0.39 is 0 Å². The van der Waals surface area contributed by atoms with Gasteiger partial charge < -0.3 is 15.1 Å². The maximum Gasteiger partial charge on any atom is 0.223 e. The Morgan fingerprint density at radius 3 is 2.75 bits per heavy atom. The topological polar surface area (TPSA) is 35.6 Å². The number of nitrogens with zero attached hydrogens (tertiary/aromatic N) is 2. The maximum atomic E-state index is 12.0. The zero-order valence-electron chi connectivity index (χ0n) is 10.2. The summed E-state index contributed by atoms with van der Waals surface area (Å²) in [7, 11) is 0. The quantitative estimate of drug-likeness (QED) is 0.750. The highest BCUT2D eigenvalue weighted by molar-refractivity contribution is 5.76. The number of rotatable bonds is 3. The van der Waals surface area contributed by atoms with E-state index in [2.05, 4.69) is 17.1 Å². The van der Waals surface area contributed by atoms with Crippen LogP contribution in [0.1, 0.15) is 26.2 Å². The lowest BCUT2D eigenvalue weighted by Gasteiger charge is -2.32. The van der Waals surface area contributed by atoms with Gasteiger partial charge in [-0.3, -0.25) is 4.79 Å². The van der Waals surface area contributed by atoms with Crippen LogP contribution in [0.5, 0.6) is 0 Å². The maximum absolute atomic E-state index is 12.0. The number of carbonyl (C=O) groups excluding carboxylic acids is 1. The van der Waals surface area contributed by atoms with Gasteiger partial charge in [-0.2, -0.15) is 0 Å². The molecule has 1 unspecified atom stereocenters. The smallest absolute Gasteiger partial charge is 0.223 e. The first-order valence-electron chi connectivity index (χ1n) is 6.49. The van der Waals surface area contributed by atoms with Crippen LogP contribution in [0.3, 0.4) is 0 Å². The molecule has 2 fully saturated rings.